The standard InChI is InChI=1S/C24H18F3N3O2/c25-24(26,27)22-19-9-1-2-10-21(19)29-14-20(22)23(31)30-13-16-6-5-8-18(12-16)32-15-17-7-3-4-11-28-17/h1-12,14H,13,15H2,(H,30,31). The molecule has 32 heavy (non-hydrogen) atoms. The molecule has 4 rings (SSSR count). The van der Waals surface area contributed by atoms with Crippen LogP contribution in [0.15, 0.2) is 79.1 Å². The minimum Gasteiger partial charge on any atom is -0.487 e. The Hall–Kier alpha value is -3.94. The lowest BCUT2D eigenvalue weighted by Gasteiger charge is -2.15. The molecule has 1 N–H and O–H groups in total. The molecule has 0 spiro atoms. The highest BCUT2D eigenvalue weighted by Gasteiger charge is 2.37. The second-order valence-corrected chi connectivity index (χ2v) is 7.00. The highest BCUT2D eigenvalue weighted by Crippen LogP contribution is 2.36. The number of rotatable bonds is 6. The molecule has 0 radical (unpaired) electrons. The van der Waals surface area contributed by atoms with Gasteiger partial charge in [0.1, 0.15) is 12.4 Å². The maximum Gasteiger partial charge on any atom is 0.417 e. The molecular weight excluding hydrogens is 419 g/mol. The minimum absolute atomic E-state index is 0.0315. The van der Waals surface area contributed by atoms with E-state index in [2.05, 4.69) is 15.3 Å². The number of ether oxygens (including phenoxy) is 1. The van der Waals surface area contributed by atoms with Crippen molar-refractivity contribution in [2.75, 3.05) is 0 Å². The number of fused-ring (bicyclic) bond motifs is 1. The average molecular weight is 437 g/mol. The van der Waals surface area contributed by atoms with Gasteiger partial charge in [-0.15, -0.1) is 0 Å². The van der Waals surface area contributed by atoms with E-state index in [1.54, 1.807) is 36.5 Å². The summed E-state index contributed by atoms with van der Waals surface area (Å²) >= 11 is 0. The molecule has 0 atom stereocenters. The summed E-state index contributed by atoms with van der Waals surface area (Å²) in [6, 6.07) is 18.3. The molecule has 0 aliphatic rings. The van der Waals surface area contributed by atoms with Crippen molar-refractivity contribution in [2.24, 2.45) is 0 Å². The summed E-state index contributed by atoms with van der Waals surface area (Å²) < 4.78 is 47.0. The van der Waals surface area contributed by atoms with E-state index in [9.17, 15) is 18.0 Å². The van der Waals surface area contributed by atoms with Crippen molar-refractivity contribution in [1.82, 2.24) is 15.3 Å². The summed E-state index contributed by atoms with van der Waals surface area (Å²) in [7, 11) is 0. The Bertz CT molecular complexity index is 1240. The first-order valence-electron chi connectivity index (χ1n) is 9.76. The van der Waals surface area contributed by atoms with E-state index in [0.29, 0.717) is 11.3 Å². The van der Waals surface area contributed by atoms with Gasteiger partial charge in [0.15, 0.2) is 0 Å². The van der Waals surface area contributed by atoms with Gasteiger partial charge >= 0.3 is 6.18 Å². The summed E-state index contributed by atoms with van der Waals surface area (Å²) in [6.07, 6.45) is -2.07. The number of nitrogens with zero attached hydrogens (tertiary/aromatic N) is 2. The number of aromatic nitrogens is 2. The van der Waals surface area contributed by atoms with E-state index < -0.39 is 23.2 Å². The van der Waals surface area contributed by atoms with Gasteiger partial charge in [0, 0.05) is 24.3 Å². The van der Waals surface area contributed by atoms with Crippen LogP contribution in [0.4, 0.5) is 13.2 Å². The highest BCUT2D eigenvalue weighted by atomic mass is 19.4. The highest BCUT2D eigenvalue weighted by molar-refractivity contribution is 6.00. The lowest BCUT2D eigenvalue weighted by molar-refractivity contribution is -0.136. The lowest BCUT2D eigenvalue weighted by Crippen LogP contribution is -2.26. The van der Waals surface area contributed by atoms with Crippen molar-refractivity contribution in [3.05, 3.63) is 102 Å². The minimum atomic E-state index is -4.70. The fourth-order valence-corrected chi connectivity index (χ4v) is 3.28. The van der Waals surface area contributed by atoms with Crippen LogP contribution in [0.2, 0.25) is 0 Å². The zero-order chi connectivity index (χ0) is 22.6. The number of para-hydroxylation sites is 1. The number of amides is 1. The van der Waals surface area contributed by atoms with Gasteiger partial charge in [-0.05, 0) is 35.9 Å². The number of alkyl halides is 3. The Labute approximate surface area is 181 Å². The molecule has 2 aromatic heterocycles. The number of nitrogens with one attached hydrogen (secondary N) is 1. The predicted octanol–water partition coefficient (Wildman–Crippen LogP) is 5.16. The second kappa shape index (κ2) is 9.05. The van der Waals surface area contributed by atoms with E-state index in [1.165, 1.54) is 18.2 Å². The predicted molar refractivity (Wildman–Crippen MR) is 113 cm³/mol. The molecule has 4 aromatic rings. The third kappa shape index (κ3) is 4.85. The van der Waals surface area contributed by atoms with Crippen LogP contribution >= 0.6 is 0 Å². The fraction of sp³-hybridized carbons (Fsp3) is 0.125. The monoisotopic (exact) mass is 437 g/mol. The topological polar surface area (TPSA) is 64.1 Å². The zero-order valence-electron chi connectivity index (χ0n) is 16.8. The van der Waals surface area contributed by atoms with Crippen LogP contribution in [-0.2, 0) is 19.3 Å². The molecule has 0 unspecified atom stereocenters. The van der Waals surface area contributed by atoms with Crippen LogP contribution in [-0.4, -0.2) is 15.9 Å². The molecule has 0 fully saturated rings. The molecular formula is C24H18F3N3O2. The number of benzene rings is 2. The number of halogens is 3. The maximum atomic E-state index is 13.8. The van der Waals surface area contributed by atoms with Gasteiger partial charge in [-0.3, -0.25) is 14.8 Å². The fourth-order valence-electron chi connectivity index (χ4n) is 3.28. The van der Waals surface area contributed by atoms with Crippen LogP contribution in [0.5, 0.6) is 5.75 Å². The molecule has 5 nitrogen and oxygen atoms in total. The summed E-state index contributed by atoms with van der Waals surface area (Å²) in [5.41, 5.74) is 0.106. The molecule has 0 bridgehead atoms. The van der Waals surface area contributed by atoms with Gasteiger partial charge in [0.2, 0.25) is 0 Å². The van der Waals surface area contributed by atoms with Gasteiger partial charge in [-0.2, -0.15) is 13.2 Å². The van der Waals surface area contributed by atoms with Crippen LogP contribution < -0.4 is 10.1 Å². The second-order valence-electron chi connectivity index (χ2n) is 7.00. The number of carbonyl (C=O) groups excluding carboxylic acids is 1. The third-order valence-electron chi connectivity index (χ3n) is 4.77. The van der Waals surface area contributed by atoms with E-state index >= 15 is 0 Å². The van der Waals surface area contributed by atoms with E-state index in [-0.39, 0.29) is 24.1 Å². The zero-order valence-corrected chi connectivity index (χ0v) is 16.8. The van der Waals surface area contributed by atoms with Crippen molar-refractivity contribution in [3.63, 3.8) is 0 Å². The number of carbonyl (C=O) groups is 1. The van der Waals surface area contributed by atoms with Crippen LogP contribution in [0.25, 0.3) is 10.9 Å². The van der Waals surface area contributed by atoms with E-state index in [4.69, 9.17) is 4.74 Å². The van der Waals surface area contributed by atoms with E-state index in [0.717, 1.165) is 11.9 Å². The Morgan fingerprint density at radius 3 is 2.56 bits per heavy atom. The molecule has 0 aliphatic carbocycles. The summed E-state index contributed by atoms with van der Waals surface area (Å²) in [5.74, 6) is -0.291. The molecule has 2 heterocycles. The Balaban J connectivity index is 1.49. The summed E-state index contributed by atoms with van der Waals surface area (Å²) in [6.45, 7) is 0.304. The summed E-state index contributed by atoms with van der Waals surface area (Å²) in [5, 5.41) is 2.43. The van der Waals surface area contributed by atoms with Gasteiger partial charge in [0.05, 0.1) is 22.3 Å². The molecule has 0 aliphatic heterocycles. The molecule has 2 aromatic carbocycles. The van der Waals surface area contributed by atoms with Gasteiger partial charge in [-0.25, -0.2) is 0 Å². The molecule has 0 saturated carbocycles. The van der Waals surface area contributed by atoms with Crippen LogP contribution in [0, 0.1) is 0 Å². The van der Waals surface area contributed by atoms with Crippen molar-refractivity contribution in [2.45, 2.75) is 19.3 Å². The Kier molecular flexibility index (Phi) is 6.02. The van der Waals surface area contributed by atoms with Crippen LogP contribution in [0.3, 0.4) is 0 Å². The van der Waals surface area contributed by atoms with Crippen LogP contribution in [0.1, 0.15) is 27.2 Å². The first-order valence-corrected chi connectivity index (χ1v) is 9.76. The SMILES string of the molecule is O=C(NCc1cccc(OCc2ccccn2)c1)c1cnc2ccccc2c1C(F)(F)F. The van der Waals surface area contributed by atoms with Gasteiger partial charge in [-0.1, -0.05) is 36.4 Å². The number of hydrogen-bond acceptors (Lipinski definition) is 4. The number of hydrogen-bond donors (Lipinski definition) is 1. The van der Waals surface area contributed by atoms with Crippen molar-refractivity contribution in [1.29, 1.82) is 0 Å². The smallest absolute Gasteiger partial charge is 0.417 e. The molecule has 162 valence electrons. The lowest BCUT2D eigenvalue weighted by atomic mass is 10.0. The number of pyridine rings is 2. The van der Waals surface area contributed by atoms with Gasteiger partial charge < -0.3 is 10.1 Å². The quantitative estimate of drug-likeness (QED) is 0.453. The first kappa shape index (κ1) is 21.3. The van der Waals surface area contributed by atoms with Crippen molar-refractivity contribution in [3.8, 4) is 5.75 Å². The maximum absolute atomic E-state index is 13.8. The largest absolute Gasteiger partial charge is 0.487 e. The Morgan fingerprint density at radius 1 is 0.969 bits per heavy atom. The summed E-state index contributed by atoms with van der Waals surface area (Å²) in [4.78, 5) is 20.8. The molecule has 8 heteroatoms. The van der Waals surface area contributed by atoms with E-state index in [1.807, 2.05) is 18.2 Å². The first-order chi connectivity index (χ1) is 15.4. The van der Waals surface area contributed by atoms with Crippen molar-refractivity contribution >= 4 is 16.8 Å². The molecule has 1 amide bonds. The average Bonchev–Trinajstić information content (AvgIpc) is 2.80. The van der Waals surface area contributed by atoms with Crippen molar-refractivity contribution < 1.29 is 22.7 Å². The normalized spacial score (nSPS) is 11.3. The Morgan fingerprint density at radius 2 is 1.78 bits per heavy atom. The molecule has 0 saturated heterocycles. The van der Waals surface area contributed by atoms with Gasteiger partial charge in [0.25, 0.3) is 5.91 Å². The third-order valence-corrected chi connectivity index (χ3v) is 4.77.